The monoisotopic (exact) mass is 416 g/mol. The fourth-order valence-corrected chi connectivity index (χ4v) is 3.36. The average molecular weight is 417 g/mol. The van der Waals surface area contributed by atoms with Gasteiger partial charge in [0.15, 0.2) is 6.19 Å². The van der Waals surface area contributed by atoms with E-state index in [1.807, 2.05) is 18.2 Å². The van der Waals surface area contributed by atoms with Crippen LogP contribution in [-0.4, -0.2) is 36.0 Å². The Morgan fingerprint density at radius 1 is 1.36 bits per heavy atom. The van der Waals surface area contributed by atoms with E-state index in [0.29, 0.717) is 33.7 Å². The summed E-state index contributed by atoms with van der Waals surface area (Å²) in [6.45, 7) is 1.30. The molecule has 1 amide bonds. The Bertz CT molecular complexity index is 969. The molecule has 3 rings (SSSR count). The quantitative estimate of drug-likeness (QED) is 0.740. The molecule has 1 aromatic carbocycles. The smallest absolute Gasteiger partial charge is 0.230 e. The molecule has 144 valence electrons. The first-order chi connectivity index (χ1) is 13.5. The van der Waals surface area contributed by atoms with Crippen molar-refractivity contribution in [3.63, 3.8) is 0 Å². The molecule has 0 bridgehead atoms. The molecule has 0 saturated heterocycles. The van der Waals surface area contributed by atoms with Crippen LogP contribution in [0, 0.1) is 11.5 Å². The number of aromatic nitrogens is 1. The number of carbonyl (C=O) groups excluding carboxylic acids is 1. The van der Waals surface area contributed by atoms with Gasteiger partial charge < -0.3 is 15.0 Å². The Morgan fingerprint density at radius 3 is 2.89 bits per heavy atom. The van der Waals surface area contributed by atoms with Crippen molar-refractivity contribution >= 4 is 40.5 Å². The molecule has 0 aliphatic carbocycles. The number of hydrogen-bond acceptors (Lipinski definition) is 5. The molecule has 2 heterocycles. The summed E-state index contributed by atoms with van der Waals surface area (Å²) in [5.41, 5.74) is 2.72. The zero-order valence-electron chi connectivity index (χ0n) is 15.2. The van der Waals surface area contributed by atoms with Gasteiger partial charge in [0.2, 0.25) is 5.91 Å². The predicted molar refractivity (Wildman–Crippen MR) is 109 cm³/mol. The second kappa shape index (κ2) is 8.96. The van der Waals surface area contributed by atoms with Gasteiger partial charge in [0.25, 0.3) is 0 Å². The van der Waals surface area contributed by atoms with E-state index in [0.717, 1.165) is 24.1 Å². The van der Waals surface area contributed by atoms with Gasteiger partial charge in [-0.25, -0.2) is 4.98 Å². The van der Waals surface area contributed by atoms with Crippen LogP contribution in [0.3, 0.4) is 0 Å². The minimum atomic E-state index is -0.251. The van der Waals surface area contributed by atoms with Crippen molar-refractivity contribution in [2.24, 2.45) is 0 Å². The third kappa shape index (κ3) is 4.75. The van der Waals surface area contributed by atoms with Crippen molar-refractivity contribution in [3.05, 3.63) is 57.7 Å². The lowest BCUT2D eigenvalue weighted by molar-refractivity contribution is -0.115. The van der Waals surface area contributed by atoms with Gasteiger partial charge in [0, 0.05) is 17.6 Å². The number of ether oxygens (including phenoxy) is 1. The van der Waals surface area contributed by atoms with Crippen LogP contribution in [0.5, 0.6) is 5.75 Å². The fourth-order valence-electron chi connectivity index (χ4n) is 2.93. The molecule has 0 saturated carbocycles. The molecule has 0 unspecified atom stereocenters. The second-order valence-corrected chi connectivity index (χ2v) is 7.09. The first-order valence-corrected chi connectivity index (χ1v) is 9.37. The number of hydrogen-bond donors (Lipinski definition) is 1. The van der Waals surface area contributed by atoms with Crippen LogP contribution in [0.1, 0.15) is 17.5 Å². The van der Waals surface area contributed by atoms with E-state index in [1.165, 1.54) is 13.3 Å². The third-order valence-electron chi connectivity index (χ3n) is 4.37. The first-order valence-electron chi connectivity index (χ1n) is 8.62. The highest BCUT2D eigenvalue weighted by Gasteiger charge is 2.15. The molecular weight excluding hydrogens is 399 g/mol. The largest absolute Gasteiger partial charge is 0.495 e. The molecule has 6 nitrogen and oxygen atoms in total. The molecule has 2 aromatic rings. The number of carbonyl (C=O) groups is 1. The second-order valence-electron chi connectivity index (χ2n) is 6.27. The topological polar surface area (TPSA) is 78.2 Å². The number of pyridine rings is 1. The number of rotatable bonds is 5. The summed E-state index contributed by atoms with van der Waals surface area (Å²) in [7, 11) is 1.49. The van der Waals surface area contributed by atoms with Gasteiger partial charge in [-0.2, -0.15) is 5.26 Å². The van der Waals surface area contributed by atoms with Gasteiger partial charge >= 0.3 is 0 Å². The Hall–Kier alpha value is -2.75. The van der Waals surface area contributed by atoms with E-state index >= 15 is 0 Å². The van der Waals surface area contributed by atoms with Crippen LogP contribution in [0.4, 0.5) is 5.82 Å². The van der Waals surface area contributed by atoms with Gasteiger partial charge in [0.1, 0.15) is 16.6 Å². The lowest BCUT2D eigenvalue weighted by atomic mass is 9.99. The highest BCUT2D eigenvalue weighted by molar-refractivity contribution is 6.32. The lowest BCUT2D eigenvalue weighted by Crippen LogP contribution is -2.24. The predicted octanol–water partition coefficient (Wildman–Crippen LogP) is 4.15. The Morgan fingerprint density at radius 2 is 2.18 bits per heavy atom. The number of benzene rings is 1. The number of halogens is 2. The molecule has 0 radical (unpaired) electrons. The van der Waals surface area contributed by atoms with Crippen molar-refractivity contribution < 1.29 is 9.53 Å². The standard InChI is InChI=1S/C20H18Cl2N4O2/c1-28-18-9-19(24-10-17(18)22)25-20(27)8-14-5-4-13(7-16(14)21)15-3-2-6-26(11-15)12-23/h3-5,7,9-10H,2,6,8,11H2,1H3,(H,24,25,27). The third-order valence-corrected chi connectivity index (χ3v) is 5.01. The number of methoxy groups -OCH3 is 1. The highest BCUT2D eigenvalue weighted by atomic mass is 35.5. The summed E-state index contributed by atoms with van der Waals surface area (Å²) in [5.74, 6) is 0.531. The number of nitrogens with zero attached hydrogens (tertiary/aromatic N) is 3. The molecule has 1 aromatic heterocycles. The van der Waals surface area contributed by atoms with E-state index in [4.69, 9.17) is 33.2 Å². The van der Waals surface area contributed by atoms with Crippen molar-refractivity contribution in [1.82, 2.24) is 9.88 Å². The van der Waals surface area contributed by atoms with E-state index < -0.39 is 0 Å². The van der Waals surface area contributed by atoms with E-state index in [9.17, 15) is 4.79 Å². The number of anilines is 1. The average Bonchev–Trinajstić information content (AvgIpc) is 2.71. The summed E-state index contributed by atoms with van der Waals surface area (Å²) in [5, 5.41) is 12.7. The molecule has 1 N–H and O–H groups in total. The van der Waals surface area contributed by atoms with E-state index in [1.54, 1.807) is 11.0 Å². The van der Waals surface area contributed by atoms with Crippen molar-refractivity contribution in [1.29, 1.82) is 5.26 Å². The minimum absolute atomic E-state index is 0.106. The number of amides is 1. The summed E-state index contributed by atoms with van der Waals surface area (Å²) in [4.78, 5) is 18.1. The van der Waals surface area contributed by atoms with Crippen LogP contribution in [0.2, 0.25) is 10.0 Å². The zero-order valence-corrected chi connectivity index (χ0v) is 16.7. The highest BCUT2D eigenvalue weighted by Crippen LogP contribution is 2.27. The van der Waals surface area contributed by atoms with Crippen LogP contribution in [-0.2, 0) is 11.2 Å². The van der Waals surface area contributed by atoms with Gasteiger partial charge in [-0.3, -0.25) is 4.79 Å². The Kier molecular flexibility index (Phi) is 6.40. The van der Waals surface area contributed by atoms with Crippen molar-refractivity contribution in [3.8, 4) is 11.9 Å². The molecule has 0 spiro atoms. The maximum Gasteiger partial charge on any atom is 0.230 e. The molecule has 28 heavy (non-hydrogen) atoms. The summed E-state index contributed by atoms with van der Waals surface area (Å²) in [6.07, 6.45) is 6.64. The van der Waals surface area contributed by atoms with Gasteiger partial charge in [-0.05, 0) is 29.2 Å². The maximum absolute atomic E-state index is 12.3. The molecule has 0 atom stereocenters. The Labute approximate surface area is 173 Å². The molecule has 1 aliphatic rings. The normalized spacial score (nSPS) is 13.5. The first kappa shape index (κ1) is 20.0. The maximum atomic E-state index is 12.3. The summed E-state index contributed by atoms with van der Waals surface area (Å²) < 4.78 is 5.12. The fraction of sp³-hybridized carbons (Fsp3) is 0.250. The van der Waals surface area contributed by atoms with Gasteiger partial charge in [0.05, 0.1) is 26.3 Å². The van der Waals surface area contributed by atoms with Crippen LogP contribution < -0.4 is 10.1 Å². The van der Waals surface area contributed by atoms with Crippen LogP contribution in [0.15, 0.2) is 36.5 Å². The van der Waals surface area contributed by atoms with Crippen LogP contribution in [0.25, 0.3) is 5.57 Å². The molecule has 8 heteroatoms. The minimum Gasteiger partial charge on any atom is -0.495 e. The summed E-state index contributed by atoms with van der Waals surface area (Å²) >= 11 is 12.3. The zero-order chi connectivity index (χ0) is 20.1. The van der Waals surface area contributed by atoms with Crippen molar-refractivity contribution in [2.75, 3.05) is 25.5 Å². The molecule has 1 aliphatic heterocycles. The van der Waals surface area contributed by atoms with Crippen LogP contribution >= 0.6 is 23.2 Å². The molecular formula is C20H18Cl2N4O2. The Balaban J connectivity index is 1.68. The summed E-state index contributed by atoms with van der Waals surface area (Å²) in [6, 6.07) is 7.14. The van der Waals surface area contributed by atoms with E-state index in [2.05, 4.69) is 22.6 Å². The molecule has 0 fully saturated rings. The van der Waals surface area contributed by atoms with E-state index in [-0.39, 0.29) is 12.3 Å². The number of nitrogens with one attached hydrogen (secondary N) is 1. The van der Waals surface area contributed by atoms with Gasteiger partial charge in [-0.1, -0.05) is 41.4 Å². The number of nitriles is 1. The van der Waals surface area contributed by atoms with Crippen molar-refractivity contribution in [2.45, 2.75) is 12.8 Å². The lowest BCUT2D eigenvalue weighted by Gasteiger charge is -2.22. The SMILES string of the molecule is COc1cc(NC(=O)Cc2ccc(C3=CCCN(C#N)C3)cc2Cl)ncc1Cl. The van der Waals surface area contributed by atoms with Gasteiger partial charge in [-0.15, -0.1) is 0 Å².